The Balaban J connectivity index is 2.57. The van der Waals surface area contributed by atoms with Gasteiger partial charge in [-0.25, -0.2) is 0 Å². The third kappa shape index (κ3) is 4.79. The molecule has 106 valence electrons. The van der Waals surface area contributed by atoms with Crippen molar-refractivity contribution in [2.24, 2.45) is 0 Å². The Hall–Kier alpha value is -1.75. The first-order chi connectivity index (χ1) is 8.93. The summed E-state index contributed by atoms with van der Waals surface area (Å²) in [7, 11) is 3.55. The average molecular weight is 265 g/mol. The van der Waals surface area contributed by atoms with Crippen LogP contribution < -0.4 is 15.8 Å². The zero-order valence-corrected chi connectivity index (χ0v) is 12.1. The molecule has 0 atom stereocenters. The summed E-state index contributed by atoms with van der Waals surface area (Å²) in [4.78, 5) is 14.0. The SMILES string of the molecule is COc1cc(N)ccc1NC(=O)CCN(C)C(C)C. The summed E-state index contributed by atoms with van der Waals surface area (Å²) < 4.78 is 5.19. The molecule has 0 aliphatic carbocycles. The number of carbonyl (C=O) groups excluding carboxylic acids is 1. The molecule has 0 bridgehead atoms. The molecule has 0 radical (unpaired) electrons. The number of nitrogens with two attached hydrogens (primary N) is 1. The van der Waals surface area contributed by atoms with Gasteiger partial charge in [0.2, 0.25) is 5.91 Å². The molecule has 0 aliphatic heterocycles. The van der Waals surface area contributed by atoms with E-state index in [-0.39, 0.29) is 5.91 Å². The maximum atomic E-state index is 11.9. The molecule has 0 saturated heterocycles. The molecule has 0 aliphatic rings. The lowest BCUT2D eigenvalue weighted by Crippen LogP contribution is -2.29. The van der Waals surface area contributed by atoms with Crippen LogP contribution in [-0.4, -0.2) is 37.6 Å². The van der Waals surface area contributed by atoms with E-state index in [1.165, 1.54) is 0 Å². The quantitative estimate of drug-likeness (QED) is 0.771. The molecule has 3 N–H and O–H groups in total. The van der Waals surface area contributed by atoms with Crippen molar-refractivity contribution in [1.82, 2.24) is 4.90 Å². The molecule has 1 aromatic rings. The first-order valence-corrected chi connectivity index (χ1v) is 6.37. The summed E-state index contributed by atoms with van der Waals surface area (Å²) in [5, 5.41) is 2.84. The van der Waals surface area contributed by atoms with E-state index < -0.39 is 0 Å². The van der Waals surface area contributed by atoms with Gasteiger partial charge in [-0.2, -0.15) is 0 Å². The lowest BCUT2D eigenvalue weighted by Gasteiger charge is -2.20. The summed E-state index contributed by atoms with van der Waals surface area (Å²) >= 11 is 0. The van der Waals surface area contributed by atoms with E-state index >= 15 is 0 Å². The first-order valence-electron chi connectivity index (χ1n) is 6.37. The highest BCUT2D eigenvalue weighted by Gasteiger charge is 2.10. The molecule has 0 heterocycles. The minimum atomic E-state index is -0.0319. The fourth-order valence-electron chi connectivity index (χ4n) is 1.56. The maximum absolute atomic E-state index is 11.9. The Kier molecular flexibility index (Phi) is 5.63. The second kappa shape index (κ2) is 6.99. The minimum Gasteiger partial charge on any atom is -0.494 e. The van der Waals surface area contributed by atoms with Crippen LogP contribution in [0.4, 0.5) is 11.4 Å². The number of hydrogen-bond acceptors (Lipinski definition) is 4. The number of carbonyl (C=O) groups is 1. The normalized spacial score (nSPS) is 10.8. The number of ether oxygens (including phenoxy) is 1. The van der Waals surface area contributed by atoms with Crippen molar-refractivity contribution >= 4 is 17.3 Å². The summed E-state index contributed by atoms with van der Waals surface area (Å²) in [5.74, 6) is 0.543. The van der Waals surface area contributed by atoms with E-state index in [0.717, 1.165) is 6.54 Å². The number of nitrogen functional groups attached to an aromatic ring is 1. The van der Waals surface area contributed by atoms with Crippen molar-refractivity contribution in [3.63, 3.8) is 0 Å². The van der Waals surface area contributed by atoms with Crippen LogP contribution in [0.1, 0.15) is 20.3 Å². The zero-order valence-electron chi connectivity index (χ0n) is 12.1. The van der Waals surface area contributed by atoms with Crippen molar-refractivity contribution in [2.45, 2.75) is 26.3 Å². The van der Waals surface area contributed by atoms with Crippen LogP contribution >= 0.6 is 0 Å². The topological polar surface area (TPSA) is 67.6 Å². The lowest BCUT2D eigenvalue weighted by atomic mass is 10.2. The summed E-state index contributed by atoms with van der Waals surface area (Å²) in [5.41, 5.74) is 6.92. The van der Waals surface area contributed by atoms with E-state index in [9.17, 15) is 4.79 Å². The molecule has 1 rings (SSSR count). The molecule has 1 aromatic carbocycles. The third-order valence-corrected chi connectivity index (χ3v) is 3.07. The Morgan fingerprint density at radius 3 is 2.74 bits per heavy atom. The van der Waals surface area contributed by atoms with Gasteiger partial charge in [0.05, 0.1) is 12.8 Å². The van der Waals surface area contributed by atoms with Gasteiger partial charge < -0.3 is 20.7 Å². The van der Waals surface area contributed by atoms with Crippen LogP contribution in [0.2, 0.25) is 0 Å². The first kappa shape index (κ1) is 15.3. The summed E-state index contributed by atoms with van der Waals surface area (Å²) in [6.07, 6.45) is 0.447. The molecule has 0 aromatic heterocycles. The highest BCUT2D eigenvalue weighted by Crippen LogP contribution is 2.26. The van der Waals surface area contributed by atoms with Gasteiger partial charge in [0.25, 0.3) is 0 Å². The molecule has 0 saturated carbocycles. The van der Waals surface area contributed by atoms with Gasteiger partial charge in [0.1, 0.15) is 5.75 Å². The molecule has 0 fully saturated rings. The number of amides is 1. The van der Waals surface area contributed by atoms with Crippen molar-refractivity contribution in [1.29, 1.82) is 0 Å². The monoisotopic (exact) mass is 265 g/mol. The smallest absolute Gasteiger partial charge is 0.225 e. The Labute approximate surface area is 114 Å². The molecule has 0 unspecified atom stereocenters. The van der Waals surface area contributed by atoms with Crippen molar-refractivity contribution in [3.8, 4) is 5.75 Å². The molecule has 19 heavy (non-hydrogen) atoms. The van der Waals surface area contributed by atoms with Crippen LogP contribution in [0, 0.1) is 0 Å². The lowest BCUT2D eigenvalue weighted by molar-refractivity contribution is -0.116. The molecule has 0 spiro atoms. The second-order valence-corrected chi connectivity index (χ2v) is 4.83. The fraction of sp³-hybridized carbons (Fsp3) is 0.500. The van der Waals surface area contributed by atoms with E-state index in [4.69, 9.17) is 10.5 Å². The molecule has 5 nitrogen and oxygen atoms in total. The van der Waals surface area contributed by atoms with Crippen molar-refractivity contribution in [3.05, 3.63) is 18.2 Å². The van der Waals surface area contributed by atoms with Gasteiger partial charge >= 0.3 is 0 Å². The third-order valence-electron chi connectivity index (χ3n) is 3.07. The molecule has 5 heteroatoms. The number of benzene rings is 1. The Morgan fingerprint density at radius 1 is 1.47 bits per heavy atom. The van der Waals surface area contributed by atoms with Gasteiger partial charge in [-0.05, 0) is 33.0 Å². The second-order valence-electron chi connectivity index (χ2n) is 4.83. The minimum absolute atomic E-state index is 0.0319. The number of methoxy groups -OCH3 is 1. The number of nitrogens with one attached hydrogen (secondary N) is 1. The Morgan fingerprint density at radius 2 is 2.16 bits per heavy atom. The molecule has 1 amide bonds. The summed E-state index contributed by atoms with van der Waals surface area (Å²) in [6.45, 7) is 4.92. The largest absolute Gasteiger partial charge is 0.494 e. The van der Waals surface area contributed by atoms with E-state index in [1.54, 1.807) is 25.3 Å². The van der Waals surface area contributed by atoms with Crippen molar-refractivity contribution < 1.29 is 9.53 Å². The van der Waals surface area contributed by atoms with Crippen molar-refractivity contribution in [2.75, 3.05) is 31.8 Å². The van der Waals surface area contributed by atoms with Gasteiger partial charge in [-0.3, -0.25) is 4.79 Å². The van der Waals surface area contributed by atoms with Gasteiger partial charge in [-0.15, -0.1) is 0 Å². The average Bonchev–Trinajstić information content (AvgIpc) is 2.37. The number of nitrogens with zero attached hydrogens (tertiary/aromatic N) is 1. The maximum Gasteiger partial charge on any atom is 0.225 e. The van der Waals surface area contributed by atoms with Gasteiger partial charge in [0.15, 0.2) is 0 Å². The number of anilines is 2. The fourth-order valence-corrected chi connectivity index (χ4v) is 1.56. The number of hydrogen-bond donors (Lipinski definition) is 2. The van der Waals surface area contributed by atoms with Crippen LogP contribution in [-0.2, 0) is 4.79 Å². The van der Waals surface area contributed by atoms with Crippen LogP contribution in [0.3, 0.4) is 0 Å². The van der Waals surface area contributed by atoms with Gasteiger partial charge in [0, 0.05) is 30.8 Å². The Bertz CT molecular complexity index is 433. The van der Waals surface area contributed by atoms with Gasteiger partial charge in [-0.1, -0.05) is 0 Å². The zero-order chi connectivity index (χ0) is 14.4. The predicted molar refractivity (Wildman–Crippen MR) is 78.4 cm³/mol. The van der Waals surface area contributed by atoms with E-state index in [1.807, 2.05) is 7.05 Å². The summed E-state index contributed by atoms with van der Waals surface area (Å²) in [6, 6.07) is 5.60. The van der Waals surface area contributed by atoms with Crippen LogP contribution in [0.25, 0.3) is 0 Å². The highest BCUT2D eigenvalue weighted by molar-refractivity contribution is 5.92. The van der Waals surface area contributed by atoms with Crippen LogP contribution in [0.5, 0.6) is 5.75 Å². The molecular formula is C14H23N3O2. The highest BCUT2D eigenvalue weighted by atomic mass is 16.5. The van der Waals surface area contributed by atoms with E-state index in [2.05, 4.69) is 24.1 Å². The predicted octanol–water partition coefficient (Wildman–Crippen LogP) is 1.95. The van der Waals surface area contributed by atoms with Crippen LogP contribution in [0.15, 0.2) is 18.2 Å². The number of rotatable bonds is 6. The standard InChI is InChI=1S/C14H23N3O2/c1-10(2)17(3)8-7-14(18)16-12-6-5-11(15)9-13(12)19-4/h5-6,9-10H,7-8,15H2,1-4H3,(H,16,18). The van der Waals surface area contributed by atoms with E-state index in [0.29, 0.717) is 29.6 Å². The molecular weight excluding hydrogens is 242 g/mol.